The molecule has 0 bridgehead atoms. The number of rotatable bonds is 6. The van der Waals surface area contributed by atoms with Crippen LogP contribution in [0.1, 0.15) is 6.92 Å². The zero-order chi connectivity index (χ0) is 21.9. The Morgan fingerprint density at radius 1 is 0.969 bits per heavy atom. The molecule has 0 radical (unpaired) electrons. The first-order chi connectivity index (χ1) is 15.7. The zero-order valence-corrected chi connectivity index (χ0v) is 18.7. The molecule has 4 aromatic rings. The average Bonchev–Trinajstić information content (AvgIpc) is 3.30. The fraction of sp³-hybridized carbons (Fsp3) is 0.250. The van der Waals surface area contributed by atoms with Crippen molar-refractivity contribution >= 4 is 51.3 Å². The zero-order valence-electron chi connectivity index (χ0n) is 18.0. The second kappa shape index (κ2) is 9.06. The Morgan fingerprint density at radius 3 is 2.53 bits per heavy atom. The molecular weight excluding hydrogens is 422 g/mol. The molecule has 0 spiro atoms. The van der Waals surface area contributed by atoms with Gasteiger partial charge in [0.05, 0.1) is 6.20 Å². The van der Waals surface area contributed by atoms with Crippen LogP contribution < -0.4 is 15.5 Å². The Hall–Kier alpha value is -3.29. The molecular formula is C24H26ClN7. The number of nitrogens with zero attached hydrogens (tertiary/aromatic N) is 4. The normalized spacial score (nSPS) is 14.6. The minimum Gasteiger partial charge on any atom is -0.369 e. The molecule has 7 nitrogen and oxygen atoms in total. The lowest BCUT2D eigenvalue weighted by molar-refractivity contribution is 0.271. The number of likely N-dealkylation sites (N-methyl/N-ethyl adjacent to an activating group) is 1. The molecule has 2 aromatic heterocycles. The third kappa shape index (κ3) is 4.49. The third-order valence-electron chi connectivity index (χ3n) is 5.87. The number of benzene rings is 2. The van der Waals surface area contributed by atoms with Gasteiger partial charge in [-0.05, 0) is 55.1 Å². The van der Waals surface area contributed by atoms with Crippen LogP contribution in [-0.4, -0.2) is 52.6 Å². The first-order valence-electron chi connectivity index (χ1n) is 10.9. The van der Waals surface area contributed by atoms with E-state index in [4.69, 9.17) is 11.6 Å². The minimum atomic E-state index is 0.464. The van der Waals surface area contributed by atoms with E-state index < -0.39 is 0 Å². The van der Waals surface area contributed by atoms with Crippen molar-refractivity contribution in [2.24, 2.45) is 0 Å². The van der Waals surface area contributed by atoms with Crippen LogP contribution in [0, 0.1) is 0 Å². The molecule has 1 fully saturated rings. The van der Waals surface area contributed by atoms with Crippen LogP contribution in [0.5, 0.6) is 0 Å². The highest BCUT2D eigenvalue weighted by atomic mass is 35.5. The van der Waals surface area contributed by atoms with Crippen molar-refractivity contribution in [2.45, 2.75) is 6.92 Å². The molecule has 2 aromatic carbocycles. The molecule has 5 rings (SSSR count). The second-order valence-corrected chi connectivity index (χ2v) is 8.30. The number of nitrogens with one attached hydrogen (secondary N) is 3. The van der Waals surface area contributed by atoms with Gasteiger partial charge < -0.3 is 25.4 Å². The SMILES string of the molecule is CCN1CCN(c2ccc(Nc3ncc(Cl)c(Nc4ccc5[nH]ccc5c4)n3)cc2)CC1. The summed E-state index contributed by atoms with van der Waals surface area (Å²) in [7, 11) is 0. The quantitative estimate of drug-likeness (QED) is 0.375. The number of hydrogen-bond acceptors (Lipinski definition) is 6. The van der Waals surface area contributed by atoms with E-state index >= 15 is 0 Å². The van der Waals surface area contributed by atoms with Crippen molar-refractivity contribution in [3.63, 3.8) is 0 Å². The molecule has 8 heteroatoms. The van der Waals surface area contributed by atoms with Gasteiger partial charge in [-0.2, -0.15) is 4.98 Å². The highest BCUT2D eigenvalue weighted by Gasteiger charge is 2.15. The number of hydrogen-bond donors (Lipinski definition) is 3. The highest BCUT2D eigenvalue weighted by Crippen LogP contribution is 2.27. The summed E-state index contributed by atoms with van der Waals surface area (Å²) >= 11 is 6.34. The summed E-state index contributed by atoms with van der Waals surface area (Å²) in [4.78, 5) is 17.0. The van der Waals surface area contributed by atoms with E-state index in [-0.39, 0.29) is 0 Å². The average molecular weight is 448 g/mol. The summed E-state index contributed by atoms with van der Waals surface area (Å²) in [6.07, 6.45) is 3.53. The number of aromatic nitrogens is 3. The summed E-state index contributed by atoms with van der Waals surface area (Å²) < 4.78 is 0. The Labute approximate surface area is 192 Å². The van der Waals surface area contributed by atoms with Gasteiger partial charge >= 0.3 is 0 Å². The lowest BCUT2D eigenvalue weighted by Gasteiger charge is -2.35. The van der Waals surface area contributed by atoms with E-state index in [0.29, 0.717) is 16.8 Å². The molecule has 1 aliphatic rings. The summed E-state index contributed by atoms with van der Waals surface area (Å²) in [5.74, 6) is 1.05. The topological polar surface area (TPSA) is 72.1 Å². The van der Waals surface area contributed by atoms with Crippen molar-refractivity contribution in [1.82, 2.24) is 19.9 Å². The van der Waals surface area contributed by atoms with Crippen molar-refractivity contribution in [1.29, 1.82) is 0 Å². The van der Waals surface area contributed by atoms with Crippen LogP contribution in [0.25, 0.3) is 10.9 Å². The van der Waals surface area contributed by atoms with Gasteiger partial charge in [-0.3, -0.25) is 0 Å². The van der Waals surface area contributed by atoms with E-state index in [2.05, 4.69) is 72.6 Å². The molecule has 32 heavy (non-hydrogen) atoms. The van der Waals surface area contributed by atoms with Gasteiger partial charge in [0.15, 0.2) is 5.82 Å². The molecule has 1 aliphatic heterocycles. The molecule has 0 atom stereocenters. The van der Waals surface area contributed by atoms with Crippen molar-refractivity contribution in [2.75, 3.05) is 48.3 Å². The molecule has 0 aliphatic carbocycles. The summed E-state index contributed by atoms with van der Waals surface area (Å²) in [5, 5.41) is 8.15. The number of aromatic amines is 1. The number of anilines is 5. The number of H-pyrrole nitrogens is 1. The molecule has 0 amide bonds. The third-order valence-corrected chi connectivity index (χ3v) is 6.14. The van der Waals surface area contributed by atoms with Gasteiger partial charge in [-0.1, -0.05) is 18.5 Å². The van der Waals surface area contributed by atoms with E-state index in [1.165, 1.54) is 5.69 Å². The van der Waals surface area contributed by atoms with Gasteiger partial charge in [0.1, 0.15) is 5.02 Å². The lowest BCUT2D eigenvalue weighted by Crippen LogP contribution is -2.46. The number of halogens is 1. The van der Waals surface area contributed by atoms with E-state index in [1.54, 1.807) is 6.20 Å². The lowest BCUT2D eigenvalue weighted by atomic mass is 10.2. The predicted octanol–water partition coefficient (Wildman–Crippen LogP) is 5.24. The second-order valence-electron chi connectivity index (χ2n) is 7.89. The van der Waals surface area contributed by atoms with Gasteiger partial charge in [0.2, 0.25) is 5.95 Å². The van der Waals surface area contributed by atoms with Gasteiger partial charge in [-0.25, -0.2) is 4.98 Å². The summed E-state index contributed by atoms with van der Waals surface area (Å²) in [6, 6.07) is 16.5. The summed E-state index contributed by atoms with van der Waals surface area (Å²) in [6.45, 7) is 7.69. The Kier molecular flexibility index (Phi) is 5.83. The maximum atomic E-state index is 6.34. The molecule has 164 valence electrons. The van der Waals surface area contributed by atoms with Crippen molar-refractivity contribution < 1.29 is 0 Å². The maximum absolute atomic E-state index is 6.34. The first-order valence-corrected chi connectivity index (χ1v) is 11.3. The summed E-state index contributed by atoms with van der Waals surface area (Å²) in [5.41, 5.74) is 4.17. The van der Waals surface area contributed by atoms with Gasteiger partial charge in [0.25, 0.3) is 0 Å². The van der Waals surface area contributed by atoms with Crippen LogP contribution >= 0.6 is 11.6 Å². The van der Waals surface area contributed by atoms with Crippen molar-refractivity contribution in [3.05, 3.63) is 65.9 Å². The minimum absolute atomic E-state index is 0.464. The van der Waals surface area contributed by atoms with E-state index in [0.717, 1.165) is 55.0 Å². The van der Waals surface area contributed by atoms with Crippen LogP contribution in [0.4, 0.5) is 28.8 Å². The van der Waals surface area contributed by atoms with Crippen molar-refractivity contribution in [3.8, 4) is 0 Å². The smallest absolute Gasteiger partial charge is 0.229 e. The fourth-order valence-electron chi connectivity index (χ4n) is 3.99. The number of piperazine rings is 1. The highest BCUT2D eigenvalue weighted by molar-refractivity contribution is 6.32. The number of fused-ring (bicyclic) bond motifs is 1. The maximum Gasteiger partial charge on any atom is 0.229 e. The first kappa shape index (κ1) is 20.6. The van der Waals surface area contributed by atoms with Crippen LogP contribution in [0.2, 0.25) is 5.02 Å². The van der Waals surface area contributed by atoms with Gasteiger partial charge in [0, 0.05) is 60.3 Å². The molecule has 3 N–H and O–H groups in total. The van der Waals surface area contributed by atoms with Crippen LogP contribution in [-0.2, 0) is 0 Å². The van der Waals surface area contributed by atoms with Gasteiger partial charge in [-0.15, -0.1) is 0 Å². The molecule has 0 saturated carbocycles. The monoisotopic (exact) mass is 447 g/mol. The fourth-order valence-corrected chi connectivity index (χ4v) is 4.13. The largest absolute Gasteiger partial charge is 0.369 e. The molecule has 3 heterocycles. The molecule has 1 saturated heterocycles. The Balaban J connectivity index is 1.27. The van der Waals surface area contributed by atoms with Crippen LogP contribution in [0.15, 0.2) is 60.9 Å². The van der Waals surface area contributed by atoms with E-state index in [9.17, 15) is 0 Å². The molecule has 0 unspecified atom stereocenters. The van der Waals surface area contributed by atoms with Crippen LogP contribution in [0.3, 0.4) is 0 Å². The predicted molar refractivity (Wildman–Crippen MR) is 133 cm³/mol. The Bertz CT molecular complexity index is 1200. The Morgan fingerprint density at radius 2 is 1.75 bits per heavy atom. The van der Waals surface area contributed by atoms with E-state index in [1.807, 2.05) is 24.4 Å². The standard InChI is InChI=1S/C24H26ClN7/c1-2-31-11-13-32(14-12-31)20-6-3-18(4-7-20)29-24-27-16-21(25)23(30-24)28-19-5-8-22-17(15-19)9-10-26-22/h3-10,15-16,26H,2,11-14H2,1H3,(H2,27,28,29,30).